The third kappa shape index (κ3) is 4.68. The molecule has 6 nitrogen and oxygen atoms in total. The summed E-state index contributed by atoms with van der Waals surface area (Å²) >= 11 is 0. The number of anilines is 1. The number of carbonyl (C=O) groups excluding carboxylic acids is 2. The molecule has 33 heavy (non-hydrogen) atoms. The maximum Gasteiger partial charge on any atom is 0.416 e. The minimum absolute atomic E-state index is 0.0222. The molecule has 0 radical (unpaired) electrons. The summed E-state index contributed by atoms with van der Waals surface area (Å²) in [6.07, 6.45) is -0.676. The number of benzene rings is 2. The second kappa shape index (κ2) is 9.05. The minimum Gasteiger partial charge on any atom is -0.497 e. The molecule has 9 heteroatoms. The second-order valence-electron chi connectivity index (χ2n) is 8.30. The highest BCUT2D eigenvalue weighted by molar-refractivity contribution is 6.02. The molecular weight excluding hydrogens is 437 g/mol. The van der Waals surface area contributed by atoms with Crippen molar-refractivity contribution in [3.05, 3.63) is 59.7 Å². The van der Waals surface area contributed by atoms with Gasteiger partial charge in [-0.15, -0.1) is 0 Å². The zero-order chi connectivity index (χ0) is 23.6. The Balaban J connectivity index is 1.60. The first-order chi connectivity index (χ1) is 15.7. The summed E-state index contributed by atoms with van der Waals surface area (Å²) in [4.78, 5) is 28.1. The van der Waals surface area contributed by atoms with E-state index in [1.165, 1.54) is 12.0 Å². The van der Waals surface area contributed by atoms with Gasteiger partial charge in [-0.25, -0.2) is 0 Å². The summed E-state index contributed by atoms with van der Waals surface area (Å²) in [5.41, 5.74) is -1.15. The fourth-order valence-electron chi connectivity index (χ4n) is 4.51. The summed E-state index contributed by atoms with van der Waals surface area (Å²) in [5.74, 6) is -0.293. The van der Waals surface area contributed by atoms with Crippen LogP contribution in [0.1, 0.15) is 48.0 Å². The Kier molecular flexibility index (Phi) is 6.34. The second-order valence-corrected chi connectivity index (χ2v) is 8.30. The molecule has 4 rings (SSSR count). The molecule has 1 N–H and O–H groups in total. The van der Waals surface area contributed by atoms with Crippen molar-refractivity contribution in [3.63, 3.8) is 0 Å². The Hall–Kier alpha value is -3.07. The zero-order valence-corrected chi connectivity index (χ0v) is 18.2. The van der Waals surface area contributed by atoms with Gasteiger partial charge in [0.15, 0.2) is 0 Å². The van der Waals surface area contributed by atoms with Crippen molar-refractivity contribution < 1.29 is 32.2 Å². The lowest BCUT2D eigenvalue weighted by Gasteiger charge is -2.41. The summed E-state index contributed by atoms with van der Waals surface area (Å²) in [5, 5.41) is 2.81. The maximum atomic E-state index is 13.5. The van der Waals surface area contributed by atoms with Crippen molar-refractivity contribution in [2.75, 3.05) is 19.0 Å². The van der Waals surface area contributed by atoms with Crippen LogP contribution in [-0.2, 0) is 15.7 Å². The lowest BCUT2D eigenvalue weighted by Crippen LogP contribution is -2.55. The Morgan fingerprint density at radius 3 is 2.24 bits per heavy atom. The first-order valence-corrected chi connectivity index (χ1v) is 10.8. The quantitative estimate of drug-likeness (QED) is 0.705. The molecule has 2 aliphatic rings. The highest BCUT2D eigenvalue weighted by Crippen LogP contribution is 2.42. The standard InChI is InChI=1S/C24H25F3N2O4/c1-32-19-11-9-18(10-12-19)28-21(30)20-15-33-23(13-3-2-4-14-23)29(20)22(31)16-5-7-17(8-6-16)24(25,26)27/h5-12,20H,2-4,13-15H2,1H3,(H,28,30)/t20-/m1/s1. The van der Waals surface area contributed by atoms with Crippen LogP contribution in [0.2, 0.25) is 0 Å². The molecule has 1 saturated carbocycles. The molecular formula is C24H25F3N2O4. The third-order valence-corrected chi connectivity index (χ3v) is 6.23. The molecule has 1 atom stereocenters. The van der Waals surface area contributed by atoms with E-state index >= 15 is 0 Å². The van der Waals surface area contributed by atoms with Gasteiger partial charge in [-0.1, -0.05) is 6.42 Å². The molecule has 1 aliphatic carbocycles. The van der Waals surface area contributed by atoms with Crippen molar-refractivity contribution in [2.24, 2.45) is 0 Å². The van der Waals surface area contributed by atoms with Crippen LogP contribution in [0, 0.1) is 0 Å². The lowest BCUT2D eigenvalue weighted by atomic mass is 9.89. The highest BCUT2D eigenvalue weighted by atomic mass is 19.4. The van der Waals surface area contributed by atoms with E-state index in [1.807, 2.05) is 0 Å². The average molecular weight is 462 g/mol. The normalized spacial score (nSPS) is 20.0. The molecule has 1 heterocycles. The molecule has 0 bridgehead atoms. The van der Waals surface area contributed by atoms with Crippen LogP contribution in [-0.4, -0.2) is 42.2 Å². The molecule has 2 aromatic rings. The summed E-state index contributed by atoms with van der Waals surface area (Å²) in [6, 6.07) is 9.93. The Bertz CT molecular complexity index is 1000. The molecule has 1 spiro atoms. The maximum absolute atomic E-state index is 13.5. The van der Waals surface area contributed by atoms with Crippen molar-refractivity contribution in [2.45, 2.75) is 50.0 Å². The Morgan fingerprint density at radius 2 is 1.67 bits per heavy atom. The van der Waals surface area contributed by atoms with E-state index in [2.05, 4.69) is 5.32 Å². The van der Waals surface area contributed by atoms with Crippen LogP contribution < -0.4 is 10.1 Å². The molecule has 0 unspecified atom stereocenters. The zero-order valence-electron chi connectivity index (χ0n) is 18.2. The molecule has 2 fully saturated rings. The number of rotatable bonds is 4. The lowest BCUT2D eigenvalue weighted by molar-refractivity contribution is -0.137. The molecule has 2 amide bonds. The number of amides is 2. The SMILES string of the molecule is COc1ccc(NC(=O)[C@H]2COC3(CCCCC3)N2C(=O)c2ccc(C(F)(F)F)cc2)cc1. The van der Waals surface area contributed by atoms with Gasteiger partial charge in [0, 0.05) is 11.3 Å². The summed E-state index contributed by atoms with van der Waals surface area (Å²) < 4.78 is 50.0. The van der Waals surface area contributed by atoms with E-state index in [4.69, 9.17) is 9.47 Å². The molecule has 1 saturated heterocycles. The number of hydrogen-bond donors (Lipinski definition) is 1. The van der Waals surface area contributed by atoms with E-state index in [1.54, 1.807) is 24.3 Å². The molecule has 2 aromatic carbocycles. The minimum atomic E-state index is -4.50. The largest absolute Gasteiger partial charge is 0.497 e. The van der Waals surface area contributed by atoms with Gasteiger partial charge in [-0.05, 0) is 74.2 Å². The van der Waals surface area contributed by atoms with Crippen molar-refractivity contribution in [1.82, 2.24) is 4.90 Å². The van der Waals surface area contributed by atoms with Gasteiger partial charge >= 0.3 is 6.18 Å². The fourth-order valence-corrected chi connectivity index (χ4v) is 4.51. The third-order valence-electron chi connectivity index (χ3n) is 6.23. The van der Waals surface area contributed by atoms with Gasteiger partial charge in [0.1, 0.15) is 17.5 Å². The van der Waals surface area contributed by atoms with Crippen molar-refractivity contribution in [3.8, 4) is 5.75 Å². The number of carbonyl (C=O) groups is 2. The summed E-state index contributed by atoms with van der Waals surface area (Å²) in [7, 11) is 1.54. The fraction of sp³-hybridized carbons (Fsp3) is 0.417. The number of nitrogens with zero attached hydrogens (tertiary/aromatic N) is 1. The topological polar surface area (TPSA) is 67.9 Å². The Labute approximate surface area is 189 Å². The van der Waals surface area contributed by atoms with E-state index in [0.717, 1.165) is 43.5 Å². The van der Waals surface area contributed by atoms with Gasteiger partial charge in [-0.2, -0.15) is 13.2 Å². The van der Waals surface area contributed by atoms with E-state index in [-0.39, 0.29) is 12.2 Å². The first kappa shape index (κ1) is 23.1. The monoisotopic (exact) mass is 462 g/mol. The smallest absolute Gasteiger partial charge is 0.416 e. The number of nitrogens with one attached hydrogen (secondary N) is 1. The number of ether oxygens (including phenoxy) is 2. The van der Waals surface area contributed by atoms with Gasteiger partial charge in [0.05, 0.1) is 19.3 Å². The predicted octanol–water partition coefficient (Wildman–Crippen LogP) is 4.85. The van der Waals surface area contributed by atoms with E-state index in [0.29, 0.717) is 24.3 Å². The van der Waals surface area contributed by atoms with Crippen LogP contribution >= 0.6 is 0 Å². The van der Waals surface area contributed by atoms with Gasteiger partial charge in [-0.3, -0.25) is 14.5 Å². The van der Waals surface area contributed by atoms with Gasteiger partial charge < -0.3 is 14.8 Å². The number of hydrogen-bond acceptors (Lipinski definition) is 4. The Morgan fingerprint density at radius 1 is 1.03 bits per heavy atom. The van der Waals surface area contributed by atoms with Crippen LogP contribution in [0.3, 0.4) is 0 Å². The molecule has 0 aromatic heterocycles. The van der Waals surface area contributed by atoms with E-state index in [9.17, 15) is 22.8 Å². The van der Waals surface area contributed by atoms with Crippen molar-refractivity contribution in [1.29, 1.82) is 0 Å². The highest BCUT2D eigenvalue weighted by Gasteiger charge is 2.53. The molecule has 1 aliphatic heterocycles. The predicted molar refractivity (Wildman–Crippen MR) is 115 cm³/mol. The van der Waals surface area contributed by atoms with Crippen LogP contribution in [0.4, 0.5) is 18.9 Å². The number of alkyl halides is 3. The van der Waals surface area contributed by atoms with E-state index < -0.39 is 35.3 Å². The first-order valence-electron chi connectivity index (χ1n) is 10.8. The van der Waals surface area contributed by atoms with Gasteiger partial charge in [0.25, 0.3) is 5.91 Å². The van der Waals surface area contributed by atoms with Crippen LogP contribution in [0.15, 0.2) is 48.5 Å². The number of halogens is 3. The van der Waals surface area contributed by atoms with Crippen LogP contribution in [0.25, 0.3) is 0 Å². The summed E-state index contributed by atoms with van der Waals surface area (Å²) in [6.45, 7) is 0.0222. The molecule has 176 valence electrons. The van der Waals surface area contributed by atoms with Crippen molar-refractivity contribution >= 4 is 17.5 Å². The number of methoxy groups -OCH3 is 1. The average Bonchev–Trinajstić information content (AvgIpc) is 3.17. The van der Waals surface area contributed by atoms with Gasteiger partial charge in [0.2, 0.25) is 5.91 Å². The van der Waals surface area contributed by atoms with Crippen LogP contribution in [0.5, 0.6) is 5.75 Å².